The number of carbonyl (C=O) groups is 1. The summed E-state index contributed by atoms with van der Waals surface area (Å²) in [6, 6.07) is 12.5. The minimum Gasteiger partial charge on any atom is -0.383 e. The summed E-state index contributed by atoms with van der Waals surface area (Å²) in [7, 11) is 0. The van der Waals surface area contributed by atoms with Gasteiger partial charge in [0.1, 0.15) is 5.82 Å². The fourth-order valence-corrected chi connectivity index (χ4v) is 3.90. The van der Waals surface area contributed by atoms with Crippen LogP contribution in [0.4, 0.5) is 11.8 Å². The van der Waals surface area contributed by atoms with Crippen LogP contribution >= 0.6 is 0 Å². The Morgan fingerprint density at radius 1 is 1.13 bits per heavy atom. The fraction of sp³-hybridized carbons (Fsp3) is 0.364. The molecule has 4 N–H and O–H groups in total. The number of nitrogens with zero attached hydrogens (tertiary/aromatic N) is 4. The Kier molecular flexibility index (Phi) is 5.92. The molecule has 8 heteroatoms. The van der Waals surface area contributed by atoms with Gasteiger partial charge < -0.3 is 16.4 Å². The Morgan fingerprint density at radius 3 is 2.60 bits per heavy atom. The number of amides is 1. The van der Waals surface area contributed by atoms with Crippen LogP contribution in [0.25, 0.3) is 11.3 Å². The first kappa shape index (κ1) is 19.9. The van der Waals surface area contributed by atoms with E-state index in [1.165, 1.54) is 0 Å². The molecule has 0 saturated heterocycles. The number of anilines is 2. The number of benzene rings is 1. The lowest BCUT2D eigenvalue weighted by molar-refractivity contribution is -0.119. The number of nitrogens with one attached hydrogen (secondary N) is 2. The third-order valence-corrected chi connectivity index (χ3v) is 5.45. The van der Waals surface area contributed by atoms with E-state index in [2.05, 4.69) is 25.7 Å². The maximum atomic E-state index is 11.2. The summed E-state index contributed by atoms with van der Waals surface area (Å²) < 4.78 is 1.78. The van der Waals surface area contributed by atoms with E-state index in [0.717, 1.165) is 42.5 Å². The van der Waals surface area contributed by atoms with Gasteiger partial charge in [-0.25, -0.2) is 14.6 Å². The fourth-order valence-electron chi connectivity index (χ4n) is 3.90. The third kappa shape index (κ3) is 4.76. The largest absolute Gasteiger partial charge is 0.383 e. The molecular formula is C22H27N7O. The summed E-state index contributed by atoms with van der Waals surface area (Å²) in [5, 5.41) is 10.9. The van der Waals surface area contributed by atoms with Crippen molar-refractivity contribution in [3.8, 4) is 11.3 Å². The molecule has 1 aliphatic rings. The van der Waals surface area contributed by atoms with Crippen LogP contribution in [0, 0.1) is 0 Å². The van der Waals surface area contributed by atoms with Crippen molar-refractivity contribution in [2.75, 3.05) is 11.1 Å². The zero-order chi connectivity index (χ0) is 20.9. The summed E-state index contributed by atoms with van der Waals surface area (Å²) in [6.45, 7) is 2.18. The van der Waals surface area contributed by atoms with Crippen molar-refractivity contribution in [3.63, 3.8) is 0 Å². The van der Waals surface area contributed by atoms with Crippen molar-refractivity contribution < 1.29 is 4.79 Å². The van der Waals surface area contributed by atoms with Gasteiger partial charge in [-0.15, -0.1) is 0 Å². The van der Waals surface area contributed by atoms with Gasteiger partial charge in [-0.3, -0.25) is 4.79 Å². The lowest BCUT2D eigenvalue weighted by Crippen LogP contribution is -2.39. The van der Waals surface area contributed by atoms with Gasteiger partial charge in [-0.05, 0) is 37.3 Å². The van der Waals surface area contributed by atoms with Crippen LogP contribution in [-0.4, -0.2) is 37.7 Å². The smallest absolute Gasteiger partial charge is 0.223 e. The van der Waals surface area contributed by atoms with Crippen LogP contribution in [-0.2, 0) is 11.3 Å². The molecule has 0 spiro atoms. The van der Waals surface area contributed by atoms with Gasteiger partial charge >= 0.3 is 0 Å². The first-order valence-electron chi connectivity index (χ1n) is 10.3. The molecule has 1 amide bonds. The van der Waals surface area contributed by atoms with Crippen LogP contribution in [0.15, 0.2) is 48.8 Å². The van der Waals surface area contributed by atoms with E-state index >= 15 is 0 Å². The van der Waals surface area contributed by atoms with E-state index in [0.29, 0.717) is 24.4 Å². The minimum atomic E-state index is 0.0350. The van der Waals surface area contributed by atoms with E-state index in [9.17, 15) is 4.79 Å². The normalized spacial score (nSPS) is 18.7. The van der Waals surface area contributed by atoms with Crippen LogP contribution in [0.5, 0.6) is 0 Å². The predicted molar refractivity (Wildman–Crippen MR) is 117 cm³/mol. The topological polar surface area (TPSA) is 111 Å². The van der Waals surface area contributed by atoms with Crippen molar-refractivity contribution >= 4 is 17.7 Å². The van der Waals surface area contributed by atoms with E-state index < -0.39 is 0 Å². The van der Waals surface area contributed by atoms with Gasteiger partial charge in [-0.1, -0.05) is 30.3 Å². The lowest BCUT2D eigenvalue weighted by atomic mass is 9.91. The zero-order valence-corrected chi connectivity index (χ0v) is 17.1. The summed E-state index contributed by atoms with van der Waals surface area (Å²) in [5.41, 5.74) is 9.04. The van der Waals surface area contributed by atoms with Gasteiger partial charge in [0.15, 0.2) is 0 Å². The number of carbonyl (C=O) groups excluding carboxylic acids is 1. The van der Waals surface area contributed by atoms with Crippen molar-refractivity contribution in [3.05, 3.63) is 54.4 Å². The summed E-state index contributed by atoms with van der Waals surface area (Å²) >= 11 is 0. The Labute approximate surface area is 175 Å². The third-order valence-electron chi connectivity index (χ3n) is 5.45. The predicted octanol–water partition coefficient (Wildman–Crippen LogP) is 2.83. The zero-order valence-electron chi connectivity index (χ0n) is 17.1. The molecule has 30 heavy (non-hydrogen) atoms. The van der Waals surface area contributed by atoms with Crippen molar-refractivity contribution in [1.29, 1.82) is 0 Å². The van der Waals surface area contributed by atoms with Crippen LogP contribution < -0.4 is 16.4 Å². The van der Waals surface area contributed by atoms with Crippen LogP contribution in [0.3, 0.4) is 0 Å². The van der Waals surface area contributed by atoms with Gasteiger partial charge in [0.25, 0.3) is 0 Å². The van der Waals surface area contributed by atoms with Gasteiger partial charge in [0, 0.05) is 25.2 Å². The Morgan fingerprint density at radius 2 is 1.87 bits per heavy atom. The van der Waals surface area contributed by atoms with Gasteiger partial charge in [0.05, 0.1) is 24.0 Å². The highest BCUT2D eigenvalue weighted by molar-refractivity contribution is 5.73. The molecule has 1 saturated carbocycles. The number of nitrogens with two attached hydrogens (primary N) is 1. The first-order valence-corrected chi connectivity index (χ1v) is 10.3. The molecule has 8 nitrogen and oxygen atoms in total. The highest BCUT2D eigenvalue weighted by Gasteiger charge is 2.22. The first-order chi connectivity index (χ1) is 14.6. The van der Waals surface area contributed by atoms with E-state index in [-0.39, 0.29) is 11.9 Å². The van der Waals surface area contributed by atoms with E-state index in [1.54, 1.807) is 24.0 Å². The van der Waals surface area contributed by atoms with E-state index in [4.69, 9.17) is 5.73 Å². The molecule has 0 atom stereocenters. The summed E-state index contributed by atoms with van der Waals surface area (Å²) in [6.07, 6.45) is 7.34. The molecule has 156 valence electrons. The Hall–Kier alpha value is -3.42. The second kappa shape index (κ2) is 8.94. The SMILES string of the molecule is CC(=O)NC1CCC(Nc2nccc(-c3cnn(Cc4ccccc4)c3N)n2)CC1. The van der Waals surface area contributed by atoms with Crippen LogP contribution in [0.1, 0.15) is 38.2 Å². The summed E-state index contributed by atoms with van der Waals surface area (Å²) in [4.78, 5) is 20.3. The summed E-state index contributed by atoms with van der Waals surface area (Å²) in [5.74, 6) is 1.21. The maximum Gasteiger partial charge on any atom is 0.223 e. The van der Waals surface area contributed by atoms with Gasteiger partial charge in [0.2, 0.25) is 11.9 Å². The molecule has 1 fully saturated rings. The molecule has 0 bridgehead atoms. The molecule has 3 aromatic rings. The average molecular weight is 406 g/mol. The van der Waals surface area contributed by atoms with Crippen LogP contribution in [0.2, 0.25) is 0 Å². The highest BCUT2D eigenvalue weighted by Crippen LogP contribution is 2.26. The number of nitrogen functional groups attached to an aromatic ring is 1. The molecular weight excluding hydrogens is 378 g/mol. The quantitative estimate of drug-likeness (QED) is 0.582. The maximum absolute atomic E-state index is 11.2. The highest BCUT2D eigenvalue weighted by atomic mass is 16.1. The van der Waals surface area contributed by atoms with Crippen molar-refractivity contribution in [2.45, 2.75) is 51.2 Å². The molecule has 0 radical (unpaired) electrons. The van der Waals surface area contributed by atoms with Crippen molar-refractivity contribution in [1.82, 2.24) is 25.1 Å². The molecule has 2 aromatic heterocycles. The number of rotatable bonds is 6. The number of hydrogen-bond acceptors (Lipinski definition) is 6. The Bertz CT molecular complexity index is 994. The lowest BCUT2D eigenvalue weighted by Gasteiger charge is -2.29. The molecule has 1 aromatic carbocycles. The molecule has 0 unspecified atom stereocenters. The Balaban J connectivity index is 1.42. The minimum absolute atomic E-state index is 0.0350. The number of aromatic nitrogens is 4. The second-order valence-electron chi connectivity index (χ2n) is 7.75. The van der Waals surface area contributed by atoms with E-state index in [1.807, 2.05) is 36.4 Å². The average Bonchev–Trinajstić information content (AvgIpc) is 3.10. The molecule has 4 rings (SSSR count). The molecule has 1 aliphatic carbocycles. The molecule has 2 heterocycles. The number of hydrogen-bond donors (Lipinski definition) is 3. The monoisotopic (exact) mass is 405 g/mol. The standard InChI is InChI=1S/C22H27N7O/c1-15(30)26-17-7-9-18(10-8-17)27-22-24-12-11-20(28-22)19-13-25-29(21(19)23)14-16-5-3-2-4-6-16/h2-6,11-13,17-18H,7-10,14,23H2,1H3,(H,26,30)(H,24,27,28). The second-order valence-corrected chi connectivity index (χ2v) is 7.75. The molecule has 0 aliphatic heterocycles. The van der Waals surface area contributed by atoms with Crippen molar-refractivity contribution in [2.24, 2.45) is 0 Å². The van der Waals surface area contributed by atoms with Gasteiger partial charge in [-0.2, -0.15) is 5.10 Å².